The van der Waals surface area contributed by atoms with Gasteiger partial charge < -0.3 is 10.2 Å². The van der Waals surface area contributed by atoms with Crippen LogP contribution in [0.3, 0.4) is 0 Å². The van der Waals surface area contributed by atoms with Crippen LogP contribution in [-0.2, 0) is 15.1 Å². The standard InChI is InChI=1S/C31H35NO4/c1-5-15-23(27(33)34)22-30(28(35)36,29(2,3)4)32-31(24-16-9-6-10-17-24,25-18-11-7-12-19-25)26-20-13-8-14-21-26/h5-14,16-21,23,32H,1,15,22H2,2-4H3,(H,33,34)(H,35,36)/t23?,30-/m0/s1. The topological polar surface area (TPSA) is 86.6 Å². The van der Waals surface area contributed by atoms with Crippen LogP contribution >= 0.6 is 0 Å². The Morgan fingerprint density at radius 3 is 1.47 bits per heavy atom. The molecule has 0 heterocycles. The minimum Gasteiger partial charge on any atom is -0.481 e. The third-order valence-electron chi connectivity index (χ3n) is 7.02. The molecule has 0 saturated heterocycles. The highest BCUT2D eigenvalue weighted by atomic mass is 16.4. The Morgan fingerprint density at radius 2 is 1.19 bits per heavy atom. The molecule has 0 spiro atoms. The van der Waals surface area contributed by atoms with Gasteiger partial charge in [0, 0.05) is 0 Å². The molecule has 3 N–H and O–H groups in total. The van der Waals surface area contributed by atoms with Crippen molar-refractivity contribution in [3.63, 3.8) is 0 Å². The number of allylic oxidation sites excluding steroid dienone is 1. The number of hydrogen-bond donors (Lipinski definition) is 3. The Morgan fingerprint density at radius 1 is 0.806 bits per heavy atom. The first-order valence-electron chi connectivity index (χ1n) is 12.1. The molecule has 0 aliphatic heterocycles. The monoisotopic (exact) mass is 485 g/mol. The summed E-state index contributed by atoms with van der Waals surface area (Å²) in [6.07, 6.45) is 1.57. The Hall–Kier alpha value is -3.70. The van der Waals surface area contributed by atoms with Crippen LogP contribution in [0.25, 0.3) is 0 Å². The lowest BCUT2D eigenvalue weighted by Crippen LogP contribution is -2.68. The van der Waals surface area contributed by atoms with Gasteiger partial charge in [-0.05, 0) is 34.9 Å². The first kappa shape index (κ1) is 26.9. The molecule has 0 aromatic heterocycles. The van der Waals surface area contributed by atoms with Gasteiger partial charge in [-0.1, -0.05) is 118 Å². The maximum absolute atomic E-state index is 13.3. The zero-order valence-electron chi connectivity index (χ0n) is 21.1. The van der Waals surface area contributed by atoms with E-state index in [9.17, 15) is 19.8 Å². The van der Waals surface area contributed by atoms with Crippen LogP contribution in [-0.4, -0.2) is 27.7 Å². The van der Waals surface area contributed by atoms with Gasteiger partial charge >= 0.3 is 11.9 Å². The van der Waals surface area contributed by atoms with Crippen LogP contribution < -0.4 is 5.32 Å². The van der Waals surface area contributed by atoms with E-state index in [0.29, 0.717) is 0 Å². The second-order valence-corrected chi connectivity index (χ2v) is 10.2. The predicted molar refractivity (Wildman–Crippen MR) is 143 cm³/mol. The molecule has 5 heteroatoms. The number of carboxylic acids is 2. The molecular formula is C31H35NO4. The second-order valence-electron chi connectivity index (χ2n) is 10.2. The largest absolute Gasteiger partial charge is 0.481 e. The summed E-state index contributed by atoms with van der Waals surface area (Å²) in [6, 6.07) is 29.1. The molecule has 0 aliphatic rings. The summed E-state index contributed by atoms with van der Waals surface area (Å²) in [6.45, 7) is 9.23. The van der Waals surface area contributed by atoms with Gasteiger partial charge in [-0.15, -0.1) is 6.58 Å². The Labute approximate surface area is 213 Å². The average Bonchev–Trinajstić information content (AvgIpc) is 2.86. The molecule has 1 unspecified atom stereocenters. The van der Waals surface area contributed by atoms with Crippen LogP contribution in [0.4, 0.5) is 0 Å². The molecule has 0 amide bonds. The van der Waals surface area contributed by atoms with Gasteiger partial charge in [0.1, 0.15) is 5.54 Å². The summed E-state index contributed by atoms with van der Waals surface area (Å²) in [5, 5.41) is 24.5. The van der Waals surface area contributed by atoms with Crippen LogP contribution in [0.5, 0.6) is 0 Å². The molecule has 3 rings (SSSR count). The maximum Gasteiger partial charge on any atom is 0.324 e. The van der Waals surface area contributed by atoms with Gasteiger partial charge in [0.15, 0.2) is 0 Å². The number of rotatable bonds is 11. The Balaban J connectivity index is 2.41. The fraction of sp³-hybridized carbons (Fsp3) is 0.290. The molecule has 2 atom stereocenters. The fourth-order valence-electron chi connectivity index (χ4n) is 4.95. The average molecular weight is 486 g/mol. The zero-order valence-corrected chi connectivity index (χ0v) is 21.1. The minimum atomic E-state index is -1.62. The highest BCUT2D eigenvalue weighted by Gasteiger charge is 2.55. The number of hydrogen-bond acceptors (Lipinski definition) is 3. The SMILES string of the molecule is C=CCC(C[C@](NC(c1ccccc1)(c1ccccc1)c1ccccc1)(C(=O)O)C(C)(C)C)C(=O)O. The summed E-state index contributed by atoms with van der Waals surface area (Å²) in [5.41, 5.74) is -1.00. The molecule has 3 aromatic rings. The molecule has 0 saturated carbocycles. The van der Waals surface area contributed by atoms with Crippen molar-refractivity contribution >= 4 is 11.9 Å². The molecule has 0 radical (unpaired) electrons. The molecule has 36 heavy (non-hydrogen) atoms. The Kier molecular flexibility index (Phi) is 8.16. The van der Waals surface area contributed by atoms with Crippen LogP contribution in [0.15, 0.2) is 104 Å². The van der Waals surface area contributed by atoms with E-state index in [1.54, 1.807) is 0 Å². The quantitative estimate of drug-likeness (QED) is 0.225. The van der Waals surface area contributed by atoms with E-state index in [1.807, 2.05) is 112 Å². The van der Waals surface area contributed by atoms with E-state index in [1.165, 1.54) is 6.08 Å². The highest BCUT2D eigenvalue weighted by Crippen LogP contribution is 2.45. The third kappa shape index (κ3) is 5.12. The van der Waals surface area contributed by atoms with Crippen molar-refractivity contribution in [3.05, 3.63) is 120 Å². The summed E-state index contributed by atoms with van der Waals surface area (Å²) in [4.78, 5) is 25.5. The van der Waals surface area contributed by atoms with Gasteiger partial charge in [0.05, 0.1) is 11.5 Å². The zero-order chi connectivity index (χ0) is 26.4. The summed E-state index contributed by atoms with van der Waals surface area (Å²) in [7, 11) is 0. The van der Waals surface area contributed by atoms with Crippen LogP contribution in [0.2, 0.25) is 0 Å². The van der Waals surface area contributed by atoms with Gasteiger partial charge in [-0.2, -0.15) is 0 Å². The van der Waals surface area contributed by atoms with Gasteiger partial charge in [0.25, 0.3) is 0 Å². The van der Waals surface area contributed by atoms with Crippen LogP contribution in [0.1, 0.15) is 50.3 Å². The summed E-state index contributed by atoms with van der Waals surface area (Å²) >= 11 is 0. The maximum atomic E-state index is 13.3. The van der Waals surface area contributed by atoms with E-state index in [-0.39, 0.29) is 12.8 Å². The van der Waals surface area contributed by atoms with Crippen molar-refractivity contribution in [3.8, 4) is 0 Å². The van der Waals surface area contributed by atoms with Crippen molar-refractivity contribution in [2.75, 3.05) is 0 Å². The number of carboxylic acid groups (broad SMARTS) is 2. The summed E-state index contributed by atoms with van der Waals surface area (Å²) < 4.78 is 0. The van der Waals surface area contributed by atoms with E-state index in [2.05, 4.69) is 11.9 Å². The lowest BCUT2D eigenvalue weighted by molar-refractivity contribution is -0.155. The van der Waals surface area contributed by atoms with Crippen molar-refractivity contribution in [2.45, 2.75) is 44.7 Å². The van der Waals surface area contributed by atoms with E-state index in [4.69, 9.17) is 0 Å². The van der Waals surface area contributed by atoms with Gasteiger partial charge in [-0.3, -0.25) is 14.9 Å². The Bertz CT molecular complexity index is 1070. The number of aliphatic carboxylic acids is 2. The highest BCUT2D eigenvalue weighted by molar-refractivity contribution is 5.82. The van der Waals surface area contributed by atoms with Crippen molar-refractivity contribution in [1.82, 2.24) is 5.32 Å². The molecule has 0 aliphatic carbocycles. The first-order chi connectivity index (χ1) is 17.1. The predicted octanol–water partition coefficient (Wildman–Crippen LogP) is 6.10. The van der Waals surface area contributed by atoms with Crippen molar-refractivity contribution < 1.29 is 19.8 Å². The molecule has 3 aromatic carbocycles. The van der Waals surface area contributed by atoms with Crippen molar-refractivity contribution in [1.29, 1.82) is 0 Å². The molecule has 0 bridgehead atoms. The smallest absolute Gasteiger partial charge is 0.324 e. The van der Waals surface area contributed by atoms with Gasteiger partial charge in [0.2, 0.25) is 0 Å². The number of benzene rings is 3. The lowest BCUT2D eigenvalue weighted by atomic mass is 9.65. The van der Waals surface area contributed by atoms with Crippen molar-refractivity contribution in [2.24, 2.45) is 11.3 Å². The first-order valence-corrected chi connectivity index (χ1v) is 12.1. The third-order valence-corrected chi connectivity index (χ3v) is 7.02. The minimum absolute atomic E-state index is 0.124. The van der Waals surface area contributed by atoms with Crippen LogP contribution in [0, 0.1) is 11.3 Å². The summed E-state index contributed by atoms with van der Waals surface area (Å²) in [5.74, 6) is -3.07. The van der Waals surface area contributed by atoms with E-state index < -0.39 is 34.3 Å². The molecular weight excluding hydrogens is 450 g/mol. The van der Waals surface area contributed by atoms with E-state index in [0.717, 1.165) is 16.7 Å². The normalized spacial score (nSPS) is 14.4. The number of nitrogens with one attached hydrogen (secondary N) is 1. The number of carbonyl (C=O) groups is 2. The van der Waals surface area contributed by atoms with Gasteiger partial charge in [-0.25, -0.2) is 0 Å². The second kappa shape index (κ2) is 10.9. The van der Waals surface area contributed by atoms with E-state index >= 15 is 0 Å². The molecule has 0 fully saturated rings. The molecule has 5 nitrogen and oxygen atoms in total. The fourth-order valence-corrected chi connectivity index (χ4v) is 4.95. The molecule has 188 valence electrons. The lowest BCUT2D eigenvalue weighted by Gasteiger charge is -2.50.